The minimum atomic E-state index is -0.980. The Labute approximate surface area is 126 Å². The number of ether oxygens (including phenoxy) is 2. The lowest BCUT2D eigenvalue weighted by molar-refractivity contribution is -0.146. The molecule has 1 N–H and O–H groups in total. The van der Waals surface area contributed by atoms with E-state index >= 15 is 0 Å². The van der Waals surface area contributed by atoms with Gasteiger partial charge in [0, 0.05) is 5.69 Å². The topological polar surface area (TPSA) is 76.1 Å². The highest BCUT2D eigenvalue weighted by molar-refractivity contribution is 6.02. The van der Waals surface area contributed by atoms with Crippen LogP contribution < -0.4 is 9.64 Å². The van der Waals surface area contributed by atoms with Crippen molar-refractivity contribution in [3.8, 4) is 5.75 Å². The zero-order valence-electron chi connectivity index (χ0n) is 11.9. The number of carboxylic acids is 1. The zero-order valence-corrected chi connectivity index (χ0v) is 11.9. The monoisotopic (exact) mass is 301 g/mol. The third-order valence-electron chi connectivity index (χ3n) is 4.77. The smallest absolute Gasteiger partial charge is 0.310 e. The summed E-state index contributed by atoms with van der Waals surface area (Å²) in [7, 11) is 1.58. The van der Waals surface area contributed by atoms with Gasteiger partial charge < -0.3 is 19.5 Å². The Bertz CT molecular complexity index is 682. The van der Waals surface area contributed by atoms with Gasteiger partial charge in [-0.05, 0) is 24.3 Å². The second kappa shape index (κ2) is 4.33. The summed E-state index contributed by atoms with van der Waals surface area (Å²) in [5.41, 5.74) is -0.0794. The van der Waals surface area contributed by atoms with Crippen LogP contribution in [0.5, 0.6) is 5.75 Å². The molecule has 6 nitrogen and oxygen atoms in total. The Morgan fingerprint density at radius 2 is 2.14 bits per heavy atom. The minimum Gasteiger partial charge on any atom is -0.497 e. The third kappa shape index (κ3) is 1.58. The van der Waals surface area contributed by atoms with Gasteiger partial charge in [0.25, 0.3) is 0 Å². The van der Waals surface area contributed by atoms with E-state index in [0.29, 0.717) is 12.3 Å². The molecule has 1 amide bonds. The lowest BCUT2D eigenvalue weighted by atomic mass is 9.77. The van der Waals surface area contributed by atoms with E-state index in [4.69, 9.17) is 9.47 Å². The van der Waals surface area contributed by atoms with E-state index < -0.39 is 29.5 Å². The Kier molecular flexibility index (Phi) is 2.62. The molecule has 114 valence electrons. The van der Waals surface area contributed by atoms with E-state index in [0.717, 1.165) is 5.69 Å². The quantitative estimate of drug-likeness (QED) is 0.845. The van der Waals surface area contributed by atoms with Crippen LogP contribution in [0.25, 0.3) is 0 Å². The van der Waals surface area contributed by atoms with Crippen molar-refractivity contribution in [2.75, 3.05) is 18.6 Å². The van der Waals surface area contributed by atoms with Crippen molar-refractivity contribution in [1.29, 1.82) is 0 Å². The first-order valence-corrected chi connectivity index (χ1v) is 7.11. The fourth-order valence-electron chi connectivity index (χ4n) is 3.76. The number of anilines is 1. The van der Waals surface area contributed by atoms with Crippen molar-refractivity contribution in [2.24, 2.45) is 11.8 Å². The van der Waals surface area contributed by atoms with Crippen LogP contribution in [0.2, 0.25) is 0 Å². The molecular weight excluding hydrogens is 286 g/mol. The first-order valence-electron chi connectivity index (χ1n) is 7.11. The van der Waals surface area contributed by atoms with E-state index in [1.165, 1.54) is 0 Å². The van der Waals surface area contributed by atoms with Gasteiger partial charge in [-0.2, -0.15) is 0 Å². The van der Waals surface area contributed by atoms with Gasteiger partial charge in [0.2, 0.25) is 5.91 Å². The highest BCUT2D eigenvalue weighted by Crippen LogP contribution is 2.52. The lowest BCUT2D eigenvalue weighted by Crippen LogP contribution is -2.39. The molecule has 3 aliphatic rings. The van der Waals surface area contributed by atoms with Crippen LogP contribution >= 0.6 is 0 Å². The minimum absolute atomic E-state index is 0.190. The Balaban J connectivity index is 1.70. The fraction of sp³-hybridized carbons (Fsp3) is 0.375. The number of carbonyl (C=O) groups excluding carboxylic acids is 1. The van der Waals surface area contributed by atoms with Crippen molar-refractivity contribution in [2.45, 2.75) is 11.7 Å². The van der Waals surface area contributed by atoms with Crippen molar-refractivity contribution < 1.29 is 24.2 Å². The van der Waals surface area contributed by atoms with Gasteiger partial charge in [-0.1, -0.05) is 12.2 Å². The summed E-state index contributed by atoms with van der Waals surface area (Å²) < 4.78 is 11.0. The van der Waals surface area contributed by atoms with Crippen LogP contribution in [0.3, 0.4) is 0 Å². The number of methoxy groups -OCH3 is 1. The Morgan fingerprint density at radius 3 is 2.77 bits per heavy atom. The standard InChI is InChI=1S/C16H15NO5/c1-21-10-4-2-9(3-5-10)17-8-16-7-6-11(22-16)12(15(19)20)13(16)14(17)18/h2-7,11-13H,8H2,1H3,(H,19,20)/t11-,12+,13-,16-/m1/s1. The largest absolute Gasteiger partial charge is 0.497 e. The maximum atomic E-state index is 12.8. The molecular formula is C16H15NO5. The number of rotatable bonds is 3. The molecule has 0 unspecified atom stereocenters. The third-order valence-corrected chi connectivity index (χ3v) is 4.77. The molecule has 0 saturated carbocycles. The molecule has 4 atom stereocenters. The molecule has 2 saturated heterocycles. The van der Waals surface area contributed by atoms with Gasteiger partial charge in [-0.15, -0.1) is 0 Å². The predicted molar refractivity (Wildman–Crippen MR) is 76.7 cm³/mol. The molecule has 0 aliphatic carbocycles. The van der Waals surface area contributed by atoms with Crippen LogP contribution in [-0.4, -0.2) is 42.3 Å². The number of carboxylic acid groups (broad SMARTS) is 1. The fourth-order valence-corrected chi connectivity index (χ4v) is 3.76. The number of nitrogens with zero attached hydrogens (tertiary/aromatic N) is 1. The molecule has 1 aromatic rings. The summed E-state index contributed by atoms with van der Waals surface area (Å²) in [4.78, 5) is 25.9. The molecule has 2 bridgehead atoms. The van der Waals surface area contributed by atoms with Crippen LogP contribution in [0.15, 0.2) is 36.4 Å². The van der Waals surface area contributed by atoms with Crippen LogP contribution in [0, 0.1) is 11.8 Å². The summed E-state index contributed by atoms with van der Waals surface area (Å²) in [5.74, 6) is -1.92. The number of hydrogen-bond acceptors (Lipinski definition) is 4. The van der Waals surface area contributed by atoms with E-state index in [9.17, 15) is 14.7 Å². The summed E-state index contributed by atoms with van der Waals surface area (Å²) in [6.45, 7) is 0.347. The van der Waals surface area contributed by atoms with E-state index in [1.54, 1.807) is 42.4 Å². The van der Waals surface area contributed by atoms with Gasteiger partial charge in [0.1, 0.15) is 17.3 Å². The van der Waals surface area contributed by atoms with Gasteiger partial charge in [-0.25, -0.2) is 0 Å². The molecule has 0 radical (unpaired) electrons. The molecule has 0 aromatic heterocycles. The average Bonchev–Trinajstić information content (AvgIpc) is 3.15. The lowest BCUT2D eigenvalue weighted by Gasteiger charge is -2.21. The summed E-state index contributed by atoms with van der Waals surface area (Å²) >= 11 is 0. The second-order valence-corrected chi connectivity index (χ2v) is 5.86. The molecule has 3 aliphatic heterocycles. The van der Waals surface area contributed by atoms with E-state index in [2.05, 4.69) is 0 Å². The first kappa shape index (κ1) is 13.3. The highest BCUT2D eigenvalue weighted by atomic mass is 16.5. The summed E-state index contributed by atoms with van der Waals surface area (Å²) in [6.07, 6.45) is 3.12. The maximum absolute atomic E-state index is 12.8. The van der Waals surface area contributed by atoms with Gasteiger partial charge in [0.05, 0.1) is 25.7 Å². The summed E-state index contributed by atoms with van der Waals surface area (Å²) in [6, 6.07) is 7.13. The predicted octanol–water partition coefficient (Wildman–Crippen LogP) is 1.07. The number of aliphatic carboxylic acids is 1. The second-order valence-electron chi connectivity index (χ2n) is 5.86. The SMILES string of the molecule is COc1ccc(N2C[C@@]34C=C[C@@H](O3)[C@H](C(=O)O)[C@@H]4C2=O)cc1. The Hall–Kier alpha value is -2.34. The van der Waals surface area contributed by atoms with Crippen molar-refractivity contribution >= 4 is 17.6 Å². The molecule has 3 heterocycles. The molecule has 4 rings (SSSR count). The number of fused-ring (bicyclic) bond motifs is 1. The van der Waals surface area contributed by atoms with Crippen LogP contribution in [0.1, 0.15) is 0 Å². The maximum Gasteiger partial charge on any atom is 0.310 e. The molecule has 1 spiro atoms. The van der Waals surface area contributed by atoms with Crippen molar-refractivity contribution in [1.82, 2.24) is 0 Å². The van der Waals surface area contributed by atoms with Gasteiger partial charge in [0.15, 0.2) is 0 Å². The van der Waals surface area contributed by atoms with Gasteiger partial charge in [-0.3, -0.25) is 9.59 Å². The normalized spacial score (nSPS) is 35.0. The zero-order chi connectivity index (χ0) is 15.5. The number of carbonyl (C=O) groups is 2. The summed E-state index contributed by atoms with van der Waals surface area (Å²) in [5, 5.41) is 9.42. The Morgan fingerprint density at radius 1 is 1.41 bits per heavy atom. The number of amides is 1. The van der Waals surface area contributed by atoms with E-state index in [1.807, 2.05) is 6.08 Å². The van der Waals surface area contributed by atoms with Gasteiger partial charge >= 0.3 is 5.97 Å². The highest BCUT2D eigenvalue weighted by Gasteiger charge is 2.67. The van der Waals surface area contributed by atoms with Crippen LogP contribution in [0.4, 0.5) is 5.69 Å². The molecule has 2 fully saturated rings. The molecule has 22 heavy (non-hydrogen) atoms. The van der Waals surface area contributed by atoms with Crippen molar-refractivity contribution in [3.63, 3.8) is 0 Å². The average molecular weight is 301 g/mol. The van der Waals surface area contributed by atoms with Crippen molar-refractivity contribution in [3.05, 3.63) is 36.4 Å². The number of hydrogen-bond donors (Lipinski definition) is 1. The van der Waals surface area contributed by atoms with Crippen LogP contribution in [-0.2, 0) is 14.3 Å². The molecule has 6 heteroatoms. The number of benzene rings is 1. The molecule has 1 aromatic carbocycles. The van der Waals surface area contributed by atoms with E-state index in [-0.39, 0.29) is 5.91 Å². The first-order chi connectivity index (χ1) is 10.6.